The van der Waals surface area contributed by atoms with Gasteiger partial charge in [-0.25, -0.2) is 0 Å². The van der Waals surface area contributed by atoms with Crippen LogP contribution < -0.4 is 0 Å². The second-order valence-electron chi connectivity index (χ2n) is 5.29. The molecule has 1 aliphatic rings. The van der Waals surface area contributed by atoms with Crippen LogP contribution in [0.1, 0.15) is 22.6 Å². The van der Waals surface area contributed by atoms with Gasteiger partial charge >= 0.3 is 0 Å². The second kappa shape index (κ2) is 4.61. The van der Waals surface area contributed by atoms with Gasteiger partial charge in [0.25, 0.3) is 0 Å². The van der Waals surface area contributed by atoms with Crippen molar-refractivity contribution in [1.29, 1.82) is 0 Å². The van der Waals surface area contributed by atoms with Gasteiger partial charge in [0, 0.05) is 18.3 Å². The number of benzene rings is 2. The van der Waals surface area contributed by atoms with E-state index in [0.29, 0.717) is 5.92 Å². The molecule has 0 unspecified atom stereocenters. The summed E-state index contributed by atoms with van der Waals surface area (Å²) in [4.78, 5) is 4.24. The van der Waals surface area contributed by atoms with Crippen molar-refractivity contribution in [2.45, 2.75) is 12.3 Å². The van der Waals surface area contributed by atoms with Crippen molar-refractivity contribution in [3.63, 3.8) is 0 Å². The molecule has 1 heterocycles. The van der Waals surface area contributed by atoms with Crippen LogP contribution in [-0.2, 0) is 6.42 Å². The maximum absolute atomic E-state index is 4.24. The lowest BCUT2D eigenvalue weighted by Crippen LogP contribution is -2.01. The summed E-state index contributed by atoms with van der Waals surface area (Å²) in [5, 5.41) is 0. The molecule has 0 radical (unpaired) electrons. The number of pyridine rings is 1. The lowest BCUT2D eigenvalue weighted by Gasteiger charge is -2.13. The summed E-state index contributed by atoms with van der Waals surface area (Å²) in [5.74, 6) is 0.451. The SMILES string of the molecule is c1cncc(CC2c3ccccc3-c3ccccc32)c1. The molecule has 1 nitrogen and oxygen atoms in total. The zero-order chi connectivity index (χ0) is 13.4. The summed E-state index contributed by atoms with van der Waals surface area (Å²) in [5.41, 5.74) is 6.95. The van der Waals surface area contributed by atoms with Crippen LogP contribution in [-0.4, -0.2) is 4.98 Å². The number of nitrogens with zero attached hydrogens (tertiary/aromatic N) is 1. The van der Waals surface area contributed by atoms with Crippen molar-refractivity contribution in [3.8, 4) is 11.1 Å². The maximum atomic E-state index is 4.24. The molecule has 0 amide bonds. The van der Waals surface area contributed by atoms with Crippen LogP contribution >= 0.6 is 0 Å². The topological polar surface area (TPSA) is 12.9 Å². The Bertz CT molecular complexity index is 701. The van der Waals surface area contributed by atoms with Crippen LogP contribution in [0, 0.1) is 0 Å². The van der Waals surface area contributed by atoms with E-state index in [1.54, 1.807) is 0 Å². The molecule has 0 aliphatic heterocycles. The predicted octanol–water partition coefficient (Wildman–Crippen LogP) is 4.44. The number of fused-ring (bicyclic) bond motifs is 3. The Morgan fingerprint density at radius 2 is 1.40 bits per heavy atom. The van der Waals surface area contributed by atoms with Gasteiger partial charge in [-0.05, 0) is 40.3 Å². The van der Waals surface area contributed by atoms with Crippen molar-refractivity contribution in [2.75, 3.05) is 0 Å². The fraction of sp³-hybridized carbons (Fsp3) is 0.105. The van der Waals surface area contributed by atoms with Gasteiger partial charge < -0.3 is 0 Å². The molecule has 1 aliphatic carbocycles. The molecule has 0 atom stereocenters. The highest BCUT2D eigenvalue weighted by molar-refractivity contribution is 5.78. The predicted molar refractivity (Wildman–Crippen MR) is 81.7 cm³/mol. The van der Waals surface area contributed by atoms with E-state index in [0.717, 1.165) is 6.42 Å². The molecule has 0 bridgehead atoms. The van der Waals surface area contributed by atoms with E-state index >= 15 is 0 Å². The first-order valence-corrected chi connectivity index (χ1v) is 7.00. The zero-order valence-electron chi connectivity index (χ0n) is 11.2. The van der Waals surface area contributed by atoms with E-state index < -0.39 is 0 Å². The molecule has 20 heavy (non-hydrogen) atoms. The third-order valence-corrected chi connectivity index (χ3v) is 4.13. The minimum atomic E-state index is 0.451. The largest absolute Gasteiger partial charge is 0.264 e. The van der Waals surface area contributed by atoms with Crippen molar-refractivity contribution < 1.29 is 0 Å². The molecule has 0 fully saturated rings. The fourth-order valence-corrected chi connectivity index (χ4v) is 3.23. The summed E-state index contributed by atoms with van der Waals surface area (Å²) >= 11 is 0. The number of rotatable bonds is 2. The van der Waals surface area contributed by atoms with Gasteiger partial charge in [-0.15, -0.1) is 0 Å². The first kappa shape index (κ1) is 11.4. The third-order valence-electron chi connectivity index (χ3n) is 4.13. The molecule has 1 aromatic heterocycles. The van der Waals surface area contributed by atoms with Crippen molar-refractivity contribution in [2.24, 2.45) is 0 Å². The molecular formula is C19H15N. The van der Waals surface area contributed by atoms with E-state index in [-0.39, 0.29) is 0 Å². The van der Waals surface area contributed by atoms with Gasteiger partial charge in [0.05, 0.1) is 0 Å². The summed E-state index contributed by atoms with van der Waals surface area (Å²) < 4.78 is 0. The second-order valence-corrected chi connectivity index (χ2v) is 5.29. The minimum absolute atomic E-state index is 0.451. The van der Waals surface area contributed by atoms with Crippen LogP contribution in [0.15, 0.2) is 73.1 Å². The number of hydrogen-bond acceptors (Lipinski definition) is 1. The van der Waals surface area contributed by atoms with Crippen molar-refractivity contribution >= 4 is 0 Å². The lowest BCUT2D eigenvalue weighted by molar-refractivity contribution is 0.823. The van der Waals surface area contributed by atoms with Gasteiger partial charge in [-0.1, -0.05) is 54.6 Å². The molecule has 0 N–H and O–H groups in total. The van der Waals surface area contributed by atoms with E-state index in [1.807, 2.05) is 18.5 Å². The Morgan fingerprint density at radius 3 is 2.00 bits per heavy atom. The van der Waals surface area contributed by atoms with E-state index in [9.17, 15) is 0 Å². The lowest BCUT2D eigenvalue weighted by atomic mass is 9.91. The Hall–Kier alpha value is -2.41. The van der Waals surface area contributed by atoms with E-state index in [1.165, 1.54) is 27.8 Å². The van der Waals surface area contributed by atoms with Gasteiger partial charge in [-0.3, -0.25) is 4.98 Å². The quantitative estimate of drug-likeness (QED) is 0.661. The maximum Gasteiger partial charge on any atom is 0.0300 e. The van der Waals surface area contributed by atoms with Gasteiger partial charge in [0.2, 0.25) is 0 Å². The molecule has 0 saturated carbocycles. The number of hydrogen-bond donors (Lipinski definition) is 0. The smallest absolute Gasteiger partial charge is 0.0300 e. The monoisotopic (exact) mass is 257 g/mol. The van der Waals surface area contributed by atoms with E-state index in [2.05, 4.69) is 59.6 Å². The normalized spacial score (nSPS) is 13.0. The molecular weight excluding hydrogens is 242 g/mol. The van der Waals surface area contributed by atoms with Gasteiger partial charge in [-0.2, -0.15) is 0 Å². The highest BCUT2D eigenvalue weighted by atomic mass is 14.6. The van der Waals surface area contributed by atoms with Gasteiger partial charge in [0.1, 0.15) is 0 Å². The molecule has 4 rings (SSSR count). The Labute approximate surface area is 118 Å². The Balaban J connectivity index is 1.83. The standard InChI is InChI=1S/C19H15N/c1-3-9-17-15(7-1)16-8-2-4-10-18(16)19(17)12-14-6-5-11-20-13-14/h1-11,13,19H,12H2. The highest BCUT2D eigenvalue weighted by Crippen LogP contribution is 2.45. The average Bonchev–Trinajstić information content (AvgIpc) is 2.84. The molecule has 0 spiro atoms. The molecule has 0 saturated heterocycles. The molecule has 96 valence electrons. The summed E-state index contributed by atoms with van der Waals surface area (Å²) in [7, 11) is 0. The Morgan fingerprint density at radius 1 is 0.750 bits per heavy atom. The van der Waals surface area contributed by atoms with Crippen LogP contribution in [0.5, 0.6) is 0 Å². The van der Waals surface area contributed by atoms with Crippen LogP contribution in [0.2, 0.25) is 0 Å². The molecule has 3 aromatic rings. The first-order valence-electron chi connectivity index (χ1n) is 7.00. The fourth-order valence-electron chi connectivity index (χ4n) is 3.23. The van der Waals surface area contributed by atoms with Crippen LogP contribution in [0.4, 0.5) is 0 Å². The molecule has 1 heteroatoms. The average molecular weight is 257 g/mol. The first-order chi connectivity index (χ1) is 9.93. The van der Waals surface area contributed by atoms with Crippen LogP contribution in [0.25, 0.3) is 11.1 Å². The molecule has 2 aromatic carbocycles. The summed E-state index contributed by atoms with van der Waals surface area (Å²) in [6.45, 7) is 0. The van der Waals surface area contributed by atoms with Crippen molar-refractivity contribution in [3.05, 3.63) is 89.7 Å². The minimum Gasteiger partial charge on any atom is -0.264 e. The number of aromatic nitrogens is 1. The summed E-state index contributed by atoms with van der Waals surface area (Å²) in [6, 6.07) is 21.7. The third kappa shape index (κ3) is 1.75. The summed E-state index contributed by atoms with van der Waals surface area (Å²) in [6.07, 6.45) is 4.82. The van der Waals surface area contributed by atoms with Gasteiger partial charge in [0.15, 0.2) is 0 Å². The van der Waals surface area contributed by atoms with Crippen LogP contribution in [0.3, 0.4) is 0 Å². The Kier molecular flexibility index (Phi) is 2.63. The zero-order valence-corrected chi connectivity index (χ0v) is 11.2. The van der Waals surface area contributed by atoms with E-state index in [4.69, 9.17) is 0 Å². The highest BCUT2D eigenvalue weighted by Gasteiger charge is 2.27. The van der Waals surface area contributed by atoms with Crippen molar-refractivity contribution in [1.82, 2.24) is 4.98 Å².